The summed E-state index contributed by atoms with van der Waals surface area (Å²) in [6.45, 7) is 0.469. The Labute approximate surface area is 130 Å². The molecule has 0 atom stereocenters. The zero-order chi connectivity index (χ0) is 16.4. The van der Waals surface area contributed by atoms with Gasteiger partial charge in [0.25, 0.3) is 11.4 Å². The number of nitrogens with zero attached hydrogens (tertiary/aromatic N) is 3. The third-order valence-electron chi connectivity index (χ3n) is 3.60. The summed E-state index contributed by atoms with van der Waals surface area (Å²) < 4.78 is 1.88. The monoisotopic (exact) mass is 310 g/mol. The van der Waals surface area contributed by atoms with Crippen molar-refractivity contribution in [1.82, 2.24) is 0 Å². The Kier molecular flexibility index (Phi) is 3.68. The molecule has 0 N–H and O–H groups in total. The van der Waals surface area contributed by atoms with Crippen LogP contribution < -0.4 is 4.57 Å². The molecule has 114 valence electrons. The molecule has 3 rings (SSSR count). The van der Waals surface area contributed by atoms with Crippen LogP contribution in [0.3, 0.4) is 0 Å². The molecule has 2 aromatic carbocycles. The zero-order valence-corrected chi connectivity index (χ0v) is 12.0. The number of hydrogen-bond donors (Lipinski definition) is 0. The summed E-state index contributed by atoms with van der Waals surface area (Å²) in [6, 6.07) is 14.6. The quantitative estimate of drug-likeness (QED) is 0.421. The molecule has 0 aliphatic carbocycles. The molecule has 0 aliphatic rings. The first-order valence-electron chi connectivity index (χ1n) is 6.85. The van der Waals surface area contributed by atoms with E-state index in [4.69, 9.17) is 0 Å². The third kappa shape index (κ3) is 2.84. The van der Waals surface area contributed by atoms with E-state index in [1.807, 2.05) is 16.8 Å². The number of benzene rings is 2. The molecule has 0 saturated heterocycles. The SMILES string of the molecule is O=[N+]([O-])c1ccc(C[n+]2cccc3c([N+](=O)[O-])cccc32)cc1. The molecule has 0 spiro atoms. The molecular formula is C16H12N3O4+. The van der Waals surface area contributed by atoms with Gasteiger partial charge in [-0.05, 0) is 24.3 Å². The molecule has 1 heterocycles. The molecule has 0 radical (unpaired) electrons. The zero-order valence-electron chi connectivity index (χ0n) is 12.0. The summed E-state index contributed by atoms with van der Waals surface area (Å²) in [5, 5.41) is 22.4. The predicted molar refractivity (Wildman–Crippen MR) is 83.0 cm³/mol. The van der Waals surface area contributed by atoms with Gasteiger partial charge in [0.1, 0.15) is 5.39 Å². The summed E-state index contributed by atoms with van der Waals surface area (Å²) >= 11 is 0. The first-order chi connectivity index (χ1) is 11.1. The van der Waals surface area contributed by atoms with Crippen LogP contribution in [0.4, 0.5) is 11.4 Å². The van der Waals surface area contributed by atoms with E-state index < -0.39 is 9.85 Å². The smallest absolute Gasteiger partial charge is 0.258 e. The Bertz CT molecular complexity index is 907. The van der Waals surface area contributed by atoms with Crippen LogP contribution >= 0.6 is 0 Å². The van der Waals surface area contributed by atoms with Crippen LogP contribution in [0.15, 0.2) is 60.8 Å². The molecule has 7 nitrogen and oxygen atoms in total. The first kappa shape index (κ1) is 14.6. The number of non-ortho nitro benzene ring substituents is 2. The van der Waals surface area contributed by atoms with Gasteiger partial charge in [0.05, 0.1) is 9.85 Å². The lowest BCUT2D eigenvalue weighted by atomic mass is 10.1. The van der Waals surface area contributed by atoms with Crippen LogP contribution in [0.2, 0.25) is 0 Å². The summed E-state index contributed by atoms with van der Waals surface area (Å²) in [7, 11) is 0. The molecule has 0 amide bonds. The fourth-order valence-electron chi connectivity index (χ4n) is 2.50. The molecule has 0 saturated carbocycles. The number of nitro groups is 2. The Morgan fingerprint density at radius 2 is 1.61 bits per heavy atom. The van der Waals surface area contributed by atoms with Crippen molar-refractivity contribution >= 4 is 22.3 Å². The topological polar surface area (TPSA) is 90.2 Å². The molecule has 0 fully saturated rings. The Morgan fingerprint density at radius 3 is 2.26 bits per heavy atom. The molecular weight excluding hydrogens is 298 g/mol. The highest BCUT2D eigenvalue weighted by molar-refractivity contribution is 5.85. The van der Waals surface area contributed by atoms with Crippen molar-refractivity contribution < 1.29 is 14.4 Å². The fraction of sp³-hybridized carbons (Fsp3) is 0.0625. The molecule has 0 bridgehead atoms. The molecule has 23 heavy (non-hydrogen) atoms. The van der Waals surface area contributed by atoms with Gasteiger partial charge in [-0.1, -0.05) is 0 Å². The van der Waals surface area contributed by atoms with Crippen molar-refractivity contribution in [3.05, 3.63) is 86.6 Å². The number of rotatable bonds is 4. The second-order valence-corrected chi connectivity index (χ2v) is 5.03. The van der Waals surface area contributed by atoms with Crippen LogP contribution in [-0.4, -0.2) is 9.85 Å². The summed E-state index contributed by atoms with van der Waals surface area (Å²) in [5.41, 5.74) is 1.70. The highest BCUT2D eigenvalue weighted by Gasteiger charge is 2.18. The van der Waals surface area contributed by atoms with E-state index >= 15 is 0 Å². The van der Waals surface area contributed by atoms with E-state index in [2.05, 4.69) is 0 Å². The average molecular weight is 310 g/mol. The van der Waals surface area contributed by atoms with Crippen molar-refractivity contribution in [2.24, 2.45) is 0 Å². The van der Waals surface area contributed by atoms with Crippen LogP contribution in [0, 0.1) is 20.2 Å². The standard InChI is InChI=1S/C16H12N3O4/c20-18(21)13-8-6-12(7-9-13)11-17-10-2-3-14-15(17)4-1-5-16(14)19(22)23/h1-10H,11H2/q+1. The highest BCUT2D eigenvalue weighted by atomic mass is 16.6. The number of fused-ring (bicyclic) bond motifs is 1. The Hall–Kier alpha value is -3.35. The largest absolute Gasteiger partial charge is 0.283 e. The maximum Gasteiger partial charge on any atom is 0.283 e. The van der Waals surface area contributed by atoms with Crippen LogP contribution in [-0.2, 0) is 6.54 Å². The van der Waals surface area contributed by atoms with Crippen LogP contribution in [0.1, 0.15) is 5.56 Å². The second kappa shape index (κ2) is 5.80. The number of hydrogen-bond acceptors (Lipinski definition) is 4. The highest BCUT2D eigenvalue weighted by Crippen LogP contribution is 2.22. The van der Waals surface area contributed by atoms with Crippen molar-refractivity contribution in [3.8, 4) is 0 Å². The predicted octanol–water partition coefficient (Wildman–Crippen LogP) is 2.99. The van der Waals surface area contributed by atoms with Gasteiger partial charge in [-0.15, -0.1) is 0 Å². The van der Waals surface area contributed by atoms with E-state index in [-0.39, 0.29) is 11.4 Å². The molecule has 7 heteroatoms. The molecule has 0 unspecified atom stereocenters. The summed E-state index contributed by atoms with van der Waals surface area (Å²) in [4.78, 5) is 21.0. The van der Waals surface area contributed by atoms with E-state index in [1.165, 1.54) is 18.2 Å². The normalized spacial score (nSPS) is 10.6. The summed E-state index contributed by atoms with van der Waals surface area (Å²) in [5.74, 6) is 0. The minimum absolute atomic E-state index is 0.0345. The van der Waals surface area contributed by atoms with Crippen molar-refractivity contribution in [2.45, 2.75) is 6.54 Å². The van der Waals surface area contributed by atoms with Gasteiger partial charge in [0.2, 0.25) is 5.52 Å². The average Bonchev–Trinajstić information content (AvgIpc) is 2.55. The number of nitro benzene ring substituents is 2. The van der Waals surface area contributed by atoms with Gasteiger partial charge < -0.3 is 0 Å². The maximum atomic E-state index is 11.1. The Balaban J connectivity index is 2.02. The van der Waals surface area contributed by atoms with Crippen LogP contribution in [0.5, 0.6) is 0 Å². The minimum Gasteiger partial charge on any atom is -0.258 e. The van der Waals surface area contributed by atoms with Gasteiger partial charge in [-0.3, -0.25) is 20.2 Å². The lowest BCUT2D eigenvalue weighted by molar-refractivity contribution is -0.662. The minimum atomic E-state index is -0.446. The Morgan fingerprint density at radius 1 is 0.870 bits per heavy atom. The molecule has 0 aliphatic heterocycles. The lowest BCUT2D eigenvalue weighted by Gasteiger charge is -2.02. The van der Waals surface area contributed by atoms with E-state index in [0.717, 1.165) is 11.1 Å². The van der Waals surface area contributed by atoms with Gasteiger partial charge >= 0.3 is 0 Å². The lowest BCUT2D eigenvalue weighted by Crippen LogP contribution is -2.34. The third-order valence-corrected chi connectivity index (χ3v) is 3.60. The fourth-order valence-corrected chi connectivity index (χ4v) is 2.50. The van der Waals surface area contributed by atoms with Crippen molar-refractivity contribution in [2.75, 3.05) is 0 Å². The number of aromatic nitrogens is 1. The van der Waals surface area contributed by atoms with Crippen molar-refractivity contribution in [3.63, 3.8) is 0 Å². The van der Waals surface area contributed by atoms with Gasteiger partial charge in [-0.2, -0.15) is 4.57 Å². The van der Waals surface area contributed by atoms with Gasteiger partial charge in [0, 0.05) is 35.9 Å². The summed E-state index contributed by atoms with van der Waals surface area (Å²) in [6.07, 6.45) is 1.83. The van der Waals surface area contributed by atoms with E-state index in [0.29, 0.717) is 11.9 Å². The van der Waals surface area contributed by atoms with Gasteiger partial charge in [0.15, 0.2) is 12.7 Å². The molecule has 1 aromatic heterocycles. The van der Waals surface area contributed by atoms with Crippen LogP contribution in [0.25, 0.3) is 10.9 Å². The first-order valence-corrected chi connectivity index (χ1v) is 6.85. The van der Waals surface area contributed by atoms with E-state index in [9.17, 15) is 20.2 Å². The maximum absolute atomic E-state index is 11.1. The number of pyridine rings is 1. The van der Waals surface area contributed by atoms with Gasteiger partial charge in [-0.25, -0.2) is 0 Å². The van der Waals surface area contributed by atoms with E-state index in [1.54, 1.807) is 30.3 Å². The second-order valence-electron chi connectivity index (χ2n) is 5.03. The molecule has 3 aromatic rings. The van der Waals surface area contributed by atoms with Crippen molar-refractivity contribution in [1.29, 1.82) is 0 Å².